The Hall–Kier alpha value is 0.758. The van der Waals surface area contributed by atoms with Gasteiger partial charge in [-0.15, -0.1) is 0 Å². The fourth-order valence-electron chi connectivity index (χ4n) is 0. The van der Waals surface area contributed by atoms with Crippen molar-refractivity contribution in [3.8, 4) is 0 Å². The van der Waals surface area contributed by atoms with Crippen molar-refractivity contribution < 1.29 is 69.2 Å². The Bertz CT molecular complexity index is 47.3. The van der Waals surface area contributed by atoms with Crippen LogP contribution in [0.25, 0.3) is 0 Å². The van der Waals surface area contributed by atoms with Gasteiger partial charge in [-0.1, -0.05) is 0 Å². The van der Waals surface area contributed by atoms with Crippen molar-refractivity contribution in [3.63, 3.8) is 0 Å². The van der Waals surface area contributed by atoms with E-state index >= 15 is 0 Å². The first kappa shape index (κ1) is 15.7. The molecule has 0 radical (unpaired) electrons. The fraction of sp³-hybridized carbons (Fsp3) is 0. The molecule has 0 atom stereocenters. The maximum atomic E-state index is 8.56. The van der Waals surface area contributed by atoms with E-state index in [9.17, 15) is 0 Å². The molecule has 0 aromatic rings. The van der Waals surface area contributed by atoms with Crippen LogP contribution >= 0.6 is 0 Å². The van der Waals surface area contributed by atoms with E-state index in [1.165, 1.54) is 0 Å². The van der Waals surface area contributed by atoms with E-state index in [4.69, 9.17) is 18.4 Å². The Morgan fingerprint density at radius 3 is 1.43 bits per heavy atom. The van der Waals surface area contributed by atoms with Gasteiger partial charge in [-0.2, -0.15) is 0 Å². The summed E-state index contributed by atoms with van der Waals surface area (Å²) in [5.41, 5.74) is 0. The molecule has 0 heterocycles. The quantitative estimate of drug-likeness (QED) is 0.413. The first-order chi connectivity index (χ1) is 2.73. The summed E-state index contributed by atoms with van der Waals surface area (Å²) in [5, 5.41) is 13.9. The summed E-state index contributed by atoms with van der Waals surface area (Å²) in [7, 11) is 0. The molecule has 0 aliphatic heterocycles. The van der Waals surface area contributed by atoms with Gasteiger partial charge in [0.2, 0.25) is 0 Å². The zero-order valence-electron chi connectivity index (χ0n) is 4.62. The molecule has 0 amide bonds. The molecule has 38 valence electrons. The molecule has 0 rings (SSSR count). The van der Waals surface area contributed by atoms with Gasteiger partial charge in [0.05, 0.1) is 0 Å². The van der Waals surface area contributed by atoms with Crippen LogP contribution in [0, 0.1) is 0 Å². The molecular weight excluding hydrogens is 195 g/mol. The van der Waals surface area contributed by atoms with Crippen LogP contribution in [0.2, 0.25) is 0 Å². The predicted octanol–water partition coefficient (Wildman–Crippen LogP) is -2.78. The average molecular weight is 198 g/mol. The van der Waals surface area contributed by atoms with Crippen LogP contribution in [0.5, 0.6) is 0 Å². The molecule has 4 nitrogen and oxygen atoms in total. The van der Waals surface area contributed by atoms with Crippen LogP contribution in [0.3, 0.4) is 0 Å². The molecule has 0 unspecified atom stereocenters. The molecule has 0 saturated heterocycles. The van der Waals surface area contributed by atoms with Crippen LogP contribution in [-0.4, -0.2) is 16.4 Å². The van der Waals surface area contributed by atoms with Gasteiger partial charge in [-0.3, -0.25) is 0 Å². The molecular formula is CH3MoNaO4. The summed E-state index contributed by atoms with van der Waals surface area (Å²) in [5.74, 6) is 0. The molecule has 0 bridgehead atoms. The van der Waals surface area contributed by atoms with E-state index in [1.54, 1.807) is 0 Å². The second kappa shape index (κ2) is 15.9. The van der Waals surface area contributed by atoms with Gasteiger partial charge in [0.1, 0.15) is 0 Å². The Morgan fingerprint density at radius 2 is 1.43 bits per heavy atom. The van der Waals surface area contributed by atoms with Crippen LogP contribution < -0.4 is 29.6 Å². The predicted molar refractivity (Wildman–Crippen MR) is 12.5 cm³/mol. The summed E-state index contributed by atoms with van der Waals surface area (Å²) in [6.45, 7) is 0. The van der Waals surface area contributed by atoms with Gasteiger partial charge in [0.25, 0.3) is 0 Å². The monoisotopic (exact) mass is 200 g/mol. The van der Waals surface area contributed by atoms with E-state index in [-0.39, 0.29) is 31.0 Å². The third-order valence-electron chi connectivity index (χ3n) is 0. The van der Waals surface area contributed by atoms with Gasteiger partial charge in [-0.25, -0.2) is 4.79 Å². The third kappa shape index (κ3) is 266. The second-order valence-corrected chi connectivity index (χ2v) is 0.283. The number of rotatable bonds is 0. The van der Waals surface area contributed by atoms with Crippen molar-refractivity contribution >= 4 is 6.16 Å². The summed E-state index contributed by atoms with van der Waals surface area (Å²) < 4.78 is 8.26. The Kier molecular flexibility index (Phi) is 35.5. The van der Waals surface area contributed by atoms with E-state index < -0.39 is 6.16 Å². The maximum absolute atomic E-state index is 8.56. The minimum atomic E-state index is -1.83. The van der Waals surface area contributed by atoms with Gasteiger partial charge in [0.15, 0.2) is 0 Å². The standard InChI is InChI=1S/CH2O3.Mo.Na.O.H/c2-1(3)4;;;;/h(H2,2,3,4);;;;/q;;+1;;-1. The van der Waals surface area contributed by atoms with E-state index in [1.807, 2.05) is 0 Å². The average Bonchev–Trinajstić information content (AvgIpc) is 1.41. The number of hydrogen-bond acceptors (Lipinski definition) is 2. The van der Waals surface area contributed by atoms with Crippen LogP contribution in [-0.2, 0) is 23.2 Å². The molecule has 0 aliphatic rings. The summed E-state index contributed by atoms with van der Waals surface area (Å²) in [6, 6.07) is 0. The second-order valence-electron chi connectivity index (χ2n) is 0.283. The molecule has 0 fully saturated rings. The molecule has 0 aliphatic carbocycles. The van der Waals surface area contributed by atoms with Gasteiger partial charge in [0, 0.05) is 0 Å². The number of carboxylic acid groups (broad SMARTS) is 2. The van der Waals surface area contributed by atoms with Crippen LogP contribution in [0.15, 0.2) is 0 Å². The molecule has 0 aromatic carbocycles. The molecule has 0 saturated carbocycles. The molecule has 0 spiro atoms. The Morgan fingerprint density at radius 1 is 1.43 bits per heavy atom. The number of carbonyl (C=O) groups is 1. The Balaban J connectivity index is -0.0000000183. The van der Waals surface area contributed by atoms with Crippen LogP contribution in [0.1, 0.15) is 1.43 Å². The Labute approximate surface area is 74.9 Å². The first-order valence-electron chi connectivity index (χ1n) is 0.818. The van der Waals surface area contributed by atoms with E-state index in [2.05, 4.69) is 0 Å². The summed E-state index contributed by atoms with van der Waals surface area (Å²) >= 11 is 0.700. The molecule has 6 heteroatoms. The first-order valence-corrected chi connectivity index (χ1v) is 1.64. The van der Waals surface area contributed by atoms with Crippen molar-refractivity contribution in [2.45, 2.75) is 0 Å². The van der Waals surface area contributed by atoms with Crippen LogP contribution in [0.4, 0.5) is 4.79 Å². The van der Waals surface area contributed by atoms with Crippen molar-refractivity contribution in [1.82, 2.24) is 0 Å². The minimum absolute atomic E-state index is 0. The van der Waals surface area contributed by atoms with Crippen molar-refractivity contribution in [1.29, 1.82) is 0 Å². The normalized spacial score (nSPS) is 4.00. The summed E-state index contributed by atoms with van der Waals surface area (Å²) in [4.78, 5) is 8.56. The number of hydrogen-bond donors (Lipinski definition) is 2. The molecule has 7 heavy (non-hydrogen) atoms. The van der Waals surface area contributed by atoms with E-state index in [0.29, 0.717) is 19.8 Å². The SMILES string of the molecule is O=C(O)O.[H-].[Na+].[O]=[Mo]. The van der Waals surface area contributed by atoms with Crippen molar-refractivity contribution in [2.24, 2.45) is 0 Å². The van der Waals surface area contributed by atoms with Crippen molar-refractivity contribution in [2.75, 3.05) is 0 Å². The third-order valence-corrected chi connectivity index (χ3v) is 0. The van der Waals surface area contributed by atoms with Gasteiger partial charge >= 0.3 is 58.9 Å². The summed E-state index contributed by atoms with van der Waals surface area (Å²) in [6.07, 6.45) is -1.83. The zero-order valence-corrected chi connectivity index (χ0v) is 7.63. The topological polar surface area (TPSA) is 74.6 Å². The van der Waals surface area contributed by atoms with E-state index in [0.717, 1.165) is 0 Å². The molecule has 0 aromatic heterocycles. The van der Waals surface area contributed by atoms with Gasteiger partial charge in [-0.05, 0) is 0 Å². The fourth-order valence-corrected chi connectivity index (χ4v) is 0. The molecule has 2 N–H and O–H groups in total. The van der Waals surface area contributed by atoms with Gasteiger partial charge < -0.3 is 11.6 Å². The van der Waals surface area contributed by atoms with Crippen molar-refractivity contribution in [3.05, 3.63) is 0 Å². The zero-order chi connectivity index (χ0) is 5.58.